The van der Waals surface area contributed by atoms with Crippen LogP contribution >= 0.6 is 0 Å². The van der Waals surface area contributed by atoms with E-state index in [0.29, 0.717) is 29.6 Å². The quantitative estimate of drug-likeness (QED) is 0.772. The van der Waals surface area contributed by atoms with Gasteiger partial charge in [-0.1, -0.05) is 26.0 Å². The molecular weight excluding hydrogens is 318 g/mol. The Morgan fingerprint density at radius 2 is 1.92 bits per heavy atom. The first-order valence-electron chi connectivity index (χ1n) is 8.55. The first kappa shape index (κ1) is 15.7. The van der Waals surface area contributed by atoms with Crippen LogP contribution in [-0.2, 0) is 20.0 Å². The van der Waals surface area contributed by atoms with Gasteiger partial charge in [-0.05, 0) is 30.0 Å². The first-order chi connectivity index (χ1) is 12.0. The van der Waals surface area contributed by atoms with Crippen molar-refractivity contribution in [2.24, 2.45) is 13.0 Å². The van der Waals surface area contributed by atoms with Crippen molar-refractivity contribution in [3.63, 3.8) is 0 Å². The van der Waals surface area contributed by atoms with E-state index in [1.54, 1.807) is 7.05 Å². The summed E-state index contributed by atoms with van der Waals surface area (Å²) in [5.74, 6) is 1.07. The van der Waals surface area contributed by atoms with Gasteiger partial charge in [0.05, 0.1) is 0 Å². The van der Waals surface area contributed by atoms with Crippen LogP contribution in [0.4, 0.5) is 11.6 Å². The van der Waals surface area contributed by atoms with Crippen LogP contribution in [0.15, 0.2) is 33.9 Å². The van der Waals surface area contributed by atoms with Crippen molar-refractivity contribution in [2.75, 3.05) is 11.4 Å². The molecule has 0 saturated heterocycles. The van der Waals surface area contributed by atoms with Crippen molar-refractivity contribution in [1.82, 2.24) is 19.1 Å². The van der Waals surface area contributed by atoms with Gasteiger partial charge < -0.3 is 9.47 Å². The molecule has 2 aromatic heterocycles. The summed E-state index contributed by atoms with van der Waals surface area (Å²) in [6.45, 7) is 5.81. The van der Waals surface area contributed by atoms with Gasteiger partial charge in [-0.2, -0.15) is 4.98 Å². The summed E-state index contributed by atoms with van der Waals surface area (Å²) in [7, 11) is 1.63. The average molecular weight is 339 g/mol. The number of hydrogen-bond donors (Lipinski definition) is 1. The van der Waals surface area contributed by atoms with Crippen molar-refractivity contribution in [3.05, 3.63) is 50.7 Å². The van der Waals surface area contributed by atoms with Gasteiger partial charge in [0.15, 0.2) is 11.2 Å². The molecule has 1 aliphatic heterocycles. The summed E-state index contributed by atoms with van der Waals surface area (Å²) in [4.78, 5) is 33.4. The minimum atomic E-state index is -0.445. The minimum absolute atomic E-state index is 0.354. The molecule has 0 bridgehead atoms. The van der Waals surface area contributed by atoms with Crippen molar-refractivity contribution in [1.29, 1.82) is 0 Å². The number of anilines is 2. The fourth-order valence-corrected chi connectivity index (χ4v) is 3.50. The molecule has 25 heavy (non-hydrogen) atoms. The number of rotatable bonds is 2. The number of aromatic nitrogens is 4. The van der Waals surface area contributed by atoms with Crippen LogP contribution in [0, 0.1) is 5.92 Å². The van der Waals surface area contributed by atoms with E-state index >= 15 is 0 Å². The fourth-order valence-electron chi connectivity index (χ4n) is 3.50. The molecule has 0 unspecified atom stereocenters. The highest BCUT2D eigenvalue weighted by molar-refractivity contribution is 5.77. The lowest BCUT2D eigenvalue weighted by atomic mass is 10.1. The molecule has 0 amide bonds. The monoisotopic (exact) mass is 339 g/mol. The summed E-state index contributed by atoms with van der Waals surface area (Å²) < 4.78 is 3.32. The second-order valence-corrected chi connectivity index (χ2v) is 6.75. The second kappa shape index (κ2) is 5.61. The van der Waals surface area contributed by atoms with Gasteiger partial charge in [-0.15, -0.1) is 0 Å². The number of aromatic amines is 1. The van der Waals surface area contributed by atoms with Crippen molar-refractivity contribution < 1.29 is 0 Å². The maximum absolute atomic E-state index is 12.4. The largest absolute Gasteiger partial charge is 0.329 e. The molecule has 0 spiro atoms. The third-order valence-electron chi connectivity index (χ3n) is 4.87. The molecule has 1 atom stereocenters. The molecule has 130 valence electrons. The zero-order valence-corrected chi connectivity index (χ0v) is 14.6. The Labute approximate surface area is 144 Å². The Morgan fingerprint density at radius 1 is 1.20 bits per heavy atom. The van der Waals surface area contributed by atoms with Gasteiger partial charge in [0.2, 0.25) is 5.95 Å². The highest BCUT2D eigenvalue weighted by Gasteiger charge is 2.28. The van der Waals surface area contributed by atoms with E-state index in [4.69, 9.17) is 0 Å². The average Bonchev–Trinajstić information content (AvgIpc) is 2.99. The van der Waals surface area contributed by atoms with E-state index in [1.807, 2.05) is 4.57 Å². The standard InChI is InChI=1S/C18H21N5O2/c1-4-12-5-7-13(8-6-12)22-9-11(2)10-23-14-15(19-17(22)23)21(3)18(25)20-16(14)24/h5-8,11H,4,9-10H2,1-3H3,(H,20,24,25)/t11-/m1/s1. The lowest BCUT2D eigenvalue weighted by Gasteiger charge is -2.33. The van der Waals surface area contributed by atoms with Gasteiger partial charge in [0.1, 0.15) is 0 Å². The Hall–Kier alpha value is -2.83. The molecule has 1 aromatic carbocycles. The maximum atomic E-state index is 12.4. The Morgan fingerprint density at radius 3 is 2.60 bits per heavy atom. The predicted octanol–water partition coefficient (Wildman–Crippen LogP) is 1.77. The maximum Gasteiger partial charge on any atom is 0.329 e. The van der Waals surface area contributed by atoms with E-state index in [2.05, 4.69) is 53.0 Å². The van der Waals surface area contributed by atoms with E-state index in [-0.39, 0.29) is 5.56 Å². The zero-order valence-electron chi connectivity index (χ0n) is 14.6. The Kier molecular flexibility index (Phi) is 3.52. The molecular formula is C18H21N5O2. The highest BCUT2D eigenvalue weighted by Crippen LogP contribution is 2.32. The molecule has 1 N–H and O–H groups in total. The van der Waals surface area contributed by atoms with Gasteiger partial charge >= 0.3 is 5.69 Å². The smallest absolute Gasteiger partial charge is 0.312 e. The number of nitrogens with one attached hydrogen (secondary N) is 1. The van der Waals surface area contributed by atoms with Gasteiger partial charge in [0, 0.05) is 25.8 Å². The van der Waals surface area contributed by atoms with Gasteiger partial charge in [0.25, 0.3) is 5.56 Å². The molecule has 0 aliphatic carbocycles. The number of aryl methyl sites for hydroxylation is 2. The molecule has 1 aliphatic rings. The van der Waals surface area contributed by atoms with Crippen LogP contribution in [0.1, 0.15) is 19.4 Å². The summed E-state index contributed by atoms with van der Waals surface area (Å²) in [5, 5.41) is 0. The summed E-state index contributed by atoms with van der Waals surface area (Å²) in [6, 6.07) is 8.40. The number of hydrogen-bond acceptors (Lipinski definition) is 4. The van der Waals surface area contributed by atoms with Crippen LogP contribution in [0.2, 0.25) is 0 Å². The fraction of sp³-hybridized carbons (Fsp3) is 0.389. The number of nitrogens with zero attached hydrogens (tertiary/aromatic N) is 4. The number of fused-ring (bicyclic) bond motifs is 3. The Balaban J connectivity index is 1.95. The SMILES string of the molecule is CCc1ccc(N2C[C@@H](C)Cn3c2nc2c3c(=O)[nH]c(=O)n2C)cc1. The molecule has 3 heterocycles. The third-order valence-corrected chi connectivity index (χ3v) is 4.87. The third kappa shape index (κ3) is 2.38. The molecule has 0 radical (unpaired) electrons. The van der Waals surface area contributed by atoms with Gasteiger partial charge in [-0.25, -0.2) is 4.79 Å². The van der Waals surface area contributed by atoms with Crippen LogP contribution < -0.4 is 16.1 Å². The van der Waals surface area contributed by atoms with Crippen molar-refractivity contribution >= 4 is 22.8 Å². The van der Waals surface area contributed by atoms with Crippen LogP contribution in [-0.4, -0.2) is 25.6 Å². The first-order valence-corrected chi connectivity index (χ1v) is 8.55. The lowest BCUT2D eigenvalue weighted by molar-refractivity contribution is 0.458. The number of benzene rings is 1. The molecule has 7 heteroatoms. The Bertz CT molecular complexity index is 1060. The second-order valence-electron chi connectivity index (χ2n) is 6.75. The lowest BCUT2D eigenvalue weighted by Crippen LogP contribution is -2.35. The van der Waals surface area contributed by atoms with E-state index < -0.39 is 5.69 Å². The summed E-state index contributed by atoms with van der Waals surface area (Å²) >= 11 is 0. The van der Waals surface area contributed by atoms with Crippen LogP contribution in [0.25, 0.3) is 11.2 Å². The number of imidazole rings is 1. The summed E-state index contributed by atoms with van der Waals surface area (Å²) in [6.07, 6.45) is 0.993. The van der Waals surface area contributed by atoms with Crippen molar-refractivity contribution in [3.8, 4) is 0 Å². The van der Waals surface area contributed by atoms with Crippen LogP contribution in [0.5, 0.6) is 0 Å². The molecule has 0 saturated carbocycles. The van der Waals surface area contributed by atoms with E-state index in [9.17, 15) is 9.59 Å². The van der Waals surface area contributed by atoms with Gasteiger partial charge in [-0.3, -0.25) is 14.3 Å². The minimum Gasteiger partial charge on any atom is -0.312 e. The van der Waals surface area contributed by atoms with E-state index in [0.717, 1.165) is 18.7 Å². The van der Waals surface area contributed by atoms with Crippen LogP contribution in [0.3, 0.4) is 0 Å². The molecule has 0 fully saturated rings. The highest BCUT2D eigenvalue weighted by atomic mass is 16.2. The molecule has 7 nitrogen and oxygen atoms in total. The molecule has 4 rings (SSSR count). The zero-order chi connectivity index (χ0) is 17.7. The number of H-pyrrole nitrogens is 1. The topological polar surface area (TPSA) is 75.9 Å². The normalized spacial score (nSPS) is 17.1. The summed E-state index contributed by atoms with van der Waals surface area (Å²) in [5.41, 5.74) is 2.38. The molecule has 3 aromatic rings. The predicted molar refractivity (Wildman–Crippen MR) is 97.6 cm³/mol. The van der Waals surface area contributed by atoms with E-state index in [1.165, 1.54) is 10.1 Å². The van der Waals surface area contributed by atoms with Crippen molar-refractivity contribution in [2.45, 2.75) is 26.8 Å².